The van der Waals surface area contributed by atoms with Crippen LogP contribution in [-0.4, -0.2) is 40.4 Å². The molecule has 5 nitrogen and oxygen atoms in total. The predicted molar refractivity (Wildman–Crippen MR) is 95.4 cm³/mol. The number of anilines is 1. The van der Waals surface area contributed by atoms with E-state index in [0.717, 1.165) is 43.9 Å². The normalized spacial score (nSPS) is 14.5. The first-order valence-corrected chi connectivity index (χ1v) is 8.70. The van der Waals surface area contributed by atoms with Crippen molar-refractivity contribution in [3.8, 4) is 0 Å². The van der Waals surface area contributed by atoms with Gasteiger partial charge in [0, 0.05) is 37.1 Å². The van der Waals surface area contributed by atoms with Crippen LogP contribution in [0, 0.1) is 0 Å². The van der Waals surface area contributed by atoms with Crippen molar-refractivity contribution in [2.24, 2.45) is 0 Å². The lowest BCUT2D eigenvalue weighted by Crippen LogP contribution is -2.35. The summed E-state index contributed by atoms with van der Waals surface area (Å²) >= 11 is 5.87. The number of hydrogen-bond donors (Lipinski definition) is 1. The summed E-state index contributed by atoms with van der Waals surface area (Å²) in [5.41, 5.74) is 1.75. The minimum absolute atomic E-state index is 0.0300. The molecule has 1 fully saturated rings. The van der Waals surface area contributed by atoms with Gasteiger partial charge in [-0.1, -0.05) is 23.7 Å². The van der Waals surface area contributed by atoms with E-state index in [1.54, 1.807) is 12.4 Å². The highest BCUT2D eigenvalue weighted by Crippen LogP contribution is 2.13. The zero-order valence-electron chi connectivity index (χ0n) is 13.5. The second kappa shape index (κ2) is 8.11. The van der Waals surface area contributed by atoms with E-state index < -0.39 is 0 Å². The van der Waals surface area contributed by atoms with Gasteiger partial charge in [-0.15, -0.1) is 0 Å². The van der Waals surface area contributed by atoms with E-state index >= 15 is 0 Å². The highest BCUT2D eigenvalue weighted by atomic mass is 35.5. The highest BCUT2D eigenvalue weighted by Gasteiger charge is 2.18. The molecule has 0 bridgehead atoms. The molecule has 2 aromatic rings. The predicted octanol–water partition coefficient (Wildman–Crippen LogP) is 3.41. The molecule has 1 aromatic carbocycles. The number of piperidine rings is 1. The fraction of sp³-hybridized carbons (Fsp3) is 0.389. The van der Waals surface area contributed by atoms with Gasteiger partial charge in [-0.3, -0.25) is 4.79 Å². The lowest BCUT2D eigenvalue weighted by atomic mass is 10.1. The molecule has 1 aromatic heterocycles. The Labute approximate surface area is 147 Å². The number of carbonyl (C=O) groups is 1. The smallest absolute Gasteiger partial charge is 0.256 e. The summed E-state index contributed by atoms with van der Waals surface area (Å²) in [5.74, 6) is 0.571. The largest absolute Gasteiger partial charge is 0.354 e. The number of aromatic nitrogens is 2. The van der Waals surface area contributed by atoms with Crippen LogP contribution in [0.1, 0.15) is 35.2 Å². The van der Waals surface area contributed by atoms with Gasteiger partial charge in [-0.05, 0) is 43.4 Å². The van der Waals surface area contributed by atoms with Crippen LogP contribution in [0.25, 0.3) is 0 Å². The summed E-state index contributed by atoms with van der Waals surface area (Å²) in [5, 5.41) is 3.91. The molecule has 1 N–H and O–H groups in total. The van der Waals surface area contributed by atoms with Gasteiger partial charge in [0.15, 0.2) is 0 Å². The lowest BCUT2D eigenvalue weighted by molar-refractivity contribution is 0.0723. The van der Waals surface area contributed by atoms with Crippen LogP contribution in [-0.2, 0) is 6.42 Å². The number of benzene rings is 1. The molecule has 2 heterocycles. The molecular weight excluding hydrogens is 324 g/mol. The van der Waals surface area contributed by atoms with Crippen LogP contribution < -0.4 is 5.32 Å². The van der Waals surface area contributed by atoms with E-state index in [4.69, 9.17) is 11.6 Å². The van der Waals surface area contributed by atoms with Crippen LogP contribution in [0.5, 0.6) is 0 Å². The Kier molecular flexibility index (Phi) is 5.64. The number of nitrogens with zero attached hydrogens (tertiary/aromatic N) is 3. The molecule has 0 aliphatic carbocycles. The van der Waals surface area contributed by atoms with Gasteiger partial charge < -0.3 is 10.2 Å². The molecule has 126 valence electrons. The van der Waals surface area contributed by atoms with Crippen molar-refractivity contribution in [1.82, 2.24) is 14.9 Å². The van der Waals surface area contributed by atoms with E-state index in [9.17, 15) is 4.79 Å². The molecule has 1 amide bonds. The van der Waals surface area contributed by atoms with Crippen LogP contribution in [0.15, 0.2) is 36.7 Å². The molecule has 1 saturated heterocycles. The molecule has 0 saturated carbocycles. The van der Waals surface area contributed by atoms with Gasteiger partial charge >= 0.3 is 0 Å². The average molecular weight is 345 g/mol. The van der Waals surface area contributed by atoms with Gasteiger partial charge in [-0.2, -0.15) is 0 Å². The monoisotopic (exact) mass is 344 g/mol. The topological polar surface area (TPSA) is 58.1 Å². The van der Waals surface area contributed by atoms with E-state index in [0.29, 0.717) is 11.5 Å². The molecule has 6 heteroatoms. The molecule has 1 aliphatic rings. The Morgan fingerprint density at radius 1 is 1.08 bits per heavy atom. The number of halogens is 1. The average Bonchev–Trinajstić information content (AvgIpc) is 2.64. The molecule has 0 unspecified atom stereocenters. The summed E-state index contributed by atoms with van der Waals surface area (Å²) in [6.45, 7) is 2.39. The first-order chi connectivity index (χ1) is 11.7. The van der Waals surface area contributed by atoms with E-state index in [2.05, 4.69) is 15.3 Å². The van der Waals surface area contributed by atoms with Crippen molar-refractivity contribution in [1.29, 1.82) is 0 Å². The van der Waals surface area contributed by atoms with E-state index in [1.165, 1.54) is 12.0 Å². The second-order valence-electron chi connectivity index (χ2n) is 5.95. The van der Waals surface area contributed by atoms with Crippen LogP contribution >= 0.6 is 11.6 Å². The number of rotatable bonds is 5. The first kappa shape index (κ1) is 16.7. The third kappa shape index (κ3) is 4.45. The zero-order valence-corrected chi connectivity index (χ0v) is 14.3. The van der Waals surface area contributed by atoms with Gasteiger partial charge in [0.2, 0.25) is 5.95 Å². The third-order valence-corrected chi connectivity index (χ3v) is 4.40. The van der Waals surface area contributed by atoms with E-state index in [1.807, 2.05) is 29.2 Å². The zero-order chi connectivity index (χ0) is 16.8. The van der Waals surface area contributed by atoms with Crippen LogP contribution in [0.3, 0.4) is 0 Å². The molecule has 3 rings (SSSR count). The summed E-state index contributed by atoms with van der Waals surface area (Å²) in [6.07, 6.45) is 7.43. The molecule has 0 atom stereocenters. The summed E-state index contributed by atoms with van der Waals surface area (Å²) in [6, 6.07) is 7.78. The standard InChI is InChI=1S/C18H21ClN4O/c19-16-6-4-14(5-7-16)8-9-20-18-21-12-15(13-22-18)17(24)23-10-2-1-3-11-23/h4-7,12-13H,1-3,8-11H2,(H,20,21,22). The summed E-state index contributed by atoms with van der Waals surface area (Å²) in [4.78, 5) is 22.7. The lowest BCUT2D eigenvalue weighted by Gasteiger charge is -2.26. The van der Waals surface area contributed by atoms with Gasteiger partial charge in [0.05, 0.1) is 5.56 Å². The molecule has 0 radical (unpaired) electrons. The maximum absolute atomic E-state index is 12.4. The number of likely N-dealkylation sites (tertiary alicyclic amines) is 1. The Morgan fingerprint density at radius 2 is 1.75 bits per heavy atom. The SMILES string of the molecule is O=C(c1cnc(NCCc2ccc(Cl)cc2)nc1)N1CCCCC1. The third-order valence-electron chi connectivity index (χ3n) is 4.15. The van der Waals surface area contributed by atoms with Crippen molar-refractivity contribution in [3.05, 3.63) is 52.8 Å². The highest BCUT2D eigenvalue weighted by molar-refractivity contribution is 6.30. The van der Waals surface area contributed by atoms with Crippen molar-refractivity contribution in [2.45, 2.75) is 25.7 Å². The number of nitrogens with one attached hydrogen (secondary N) is 1. The number of carbonyl (C=O) groups excluding carboxylic acids is 1. The van der Waals surface area contributed by atoms with Gasteiger partial charge in [-0.25, -0.2) is 9.97 Å². The van der Waals surface area contributed by atoms with E-state index in [-0.39, 0.29) is 5.91 Å². The quantitative estimate of drug-likeness (QED) is 0.903. The Morgan fingerprint density at radius 3 is 2.42 bits per heavy atom. The van der Waals surface area contributed by atoms with Crippen LogP contribution in [0.2, 0.25) is 5.02 Å². The van der Waals surface area contributed by atoms with Crippen molar-refractivity contribution in [2.75, 3.05) is 25.0 Å². The fourth-order valence-electron chi connectivity index (χ4n) is 2.78. The Balaban J connectivity index is 1.50. The Bertz CT molecular complexity index is 666. The molecule has 0 spiro atoms. The Hall–Kier alpha value is -2.14. The van der Waals surface area contributed by atoms with Crippen molar-refractivity contribution < 1.29 is 4.79 Å². The van der Waals surface area contributed by atoms with Crippen molar-refractivity contribution >= 4 is 23.5 Å². The number of amides is 1. The summed E-state index contributed by atoms with van der Waals surface area (Å²) in [7, 11) is 0. The fourth-order valence-corrected chi connectivity index (χ4v) is 2.91. The second-order valence-corrected chi connectivity index (χ2v) is 6.39. The van der Waals surface area contributed by atoms with Gasteiger partial charge in [0.25, 0.3) is 5.91 Å². The maximum Gasteiger partial charge on any atom is 0.256 e. The summed E-state index contributed by atoms with van der Waals surface area (Å²) < 4.78 is 0. The molecule has 24 heavy (non-hydrogen) atoms. The minimum Gasteiger partial charge on any atom is -0.354 e. The minimum atomic E-state index is 0.0300. The number of hydrogen-bond acceptors (Lipinski definition) is 4. The maximum atomic E-state index is 12.4. The molecule has 1 aliphatic heterocycles. The van der Waals surface area contributed by atoms with Gasteiger partial charge in [0.1, 0.15) is 0 Å². The van der Waals surface area contributed by atoms with Crippen molar-refractivity contribution in [3.63, 3.8) is 0 Å². The molecular formula is C18H21ClN4O. The van der Waals surface area contributed by atoms with Crippen LogP contribution in [0.4, 0.5) is 5.95 Å². The first-order valence-electron chi connectivity index (χ1n) is 8.32.